The smallest absolute Gasteiger partial charge is 0.320 e. The van der Waals surface area contributed by atoms with E-state index in [4.69, 9.17) is 16.7 Å². The van der Waals surface area contributed by atoms with Gasteiger partial charge in [0.1, 0.15) is 24.4 Å². The highest BCUT2D eigenvalue weighted by molar-refractivity contribution is 7.98. The van der Waals surface area contributed by atoms with E-state index in [0.29, 0.717) is 0 Å². The molecule has 6 N–H and O–H groups in total. The number of carboxylic acids is 1. The molecule has 0 bridgehead atoms. The Bertz CT molecular complexity index is 347. The van der Waals surface area contributed by atoms with Gasteiger partial charge in [-0.15, -0.1) is 0 Å². The van der Waals surface area contributed by atoms with Gasteiger partial charge < -0.3 is 25.5 Å². The van der Waals surface area contributed by atoms with Crippen molar-refractivity contribution in [1.82, 2.24) is 5.32 Å². The lowest BCUT2D eigenvalue weighted by Gasteiger charge is -2.21. The predicted octanol–water partition coefficient (Wildman–Crippen LogP) is -2.57. The summed E-state index contributed by atoms with van der Waals surface area (Å²) in [6.45, 7) is -1.42. The van der Waals surface area contributed by atoms with Crippen LogP contribution in [0.4, 0.5) is 0 Å². The minimum absolute atomic E-state index is 0.243. The molecule has 0 fully saturated rings. The number of carbonyl (C=O) groups is 2. The molecular weight excluding hydrogens is 290 g/mol. The summed E-state index contributed by atoms with van der Waals surface area (Å²) in [6.07, 6.45) is -4.79. The molecule has 0 saturated heterocycles. The van der Waals surface area contributed by atoms with Gasteiger partial charge in [0.05, 0.1) is 13.2 Å². The number of aliphatic hydroxyl groups excluding tert-OH is 4. The number of carboxylic acid groups (broad SMARTS) is 1. The van der Waals surface area contributed by atoms with E-state index in [9.17, 15) is 19.8 Å². The molecule has 0 heterocycles. The Morgan fingerprint density at radius 1 is 1.35 bits per heavy atom. The lowest BCUT2D eigenvalue weighted by molar-refractivity contribution is -0.141. The first-order valence-electron chi connectivity index (χ1n) is 6.39. The van der Waals surface area contributed by atoms with Crippen LogP contribution in [0.2, 0.25) is 0 Å². The molecule has 5 atom stereocenters. The van der Waals surface area contributed by atoms with Crippen molar-refractivity contribution in [2.75, 3.05) is 25.2 Å². The molecule has 0 aliphatic carbocycles. The number of nitrogens with one attached hydrogen (secondary N) is 1. The second kappa shape index (κ2) is 10.1. The van der Waals surface area contributed by atoms with E-state index in [1.54, 1.807) is 6.26 Å². The zero-order valence-electron chi connectivity index (χ0n) is 12.0. The van der Waals surface area contributed by atoms with Crippen molar-refractivity contribution in [3.63, 3.8) is 0 Å². The largest absolute Gasteiger partial charge is 0.480 e. The molecule has 9 heteroatoms. The highest BCUT2D eigenvalue weighted by Crippen LogP contribution is 2.03. The Morgan fingerprint density at radius 2 is 1.95 bits per heavy atom. The first-order chi connectivity index (χ1) is 9.76. The molecule has 0 amide bonds. The summed E-state index contributed by atoms with van der Waals surface area (Å²) in [5.41, 5.74) is 0. The van der Waals surface area contributed by atoms with Crippen molar-refractivity contribution in [1.29, 1.82) is 0 Å². The standard InChI is InChI=1S/C11H21NO7S/c1-20-3-2-6(11(18)19)12-4-7(14)9(16)10(17)8(15)5-13/h6,8-10,12-13,15-17H,2-5H2,1H3,(H,18,19)/t6-,8+,9+,10+/m0/s1/i2D/t2?,6-,8+,9+,10+. The van der Waals surface area contributed by atoms with Crippen LogP contribution in [0.5, 0.6) is 0 Å². The van der Waals surface area contributed by atoms with Crippen molar-refractivity contribution in [3.05, 3.63) is 0 Å². The molecule has 0 aromatic heterocycles. The lowest BCUT2D eigenvalue weighted by Crippen LogP contribution is -2.49. The minimum atomic E-state index is -1.96. The van der Waals surface area contributed by atoms with Gasteiger partial charge in [-0.1, -0.05) is 0 Å². The monoisotopic (exact) mass is 312 g/mol. The van der Waals surface area contributed by atoms with Gasteiger partial charge in [0, 0.05) is 1.37 Å². The number of thioether (sulfide) groups is 1. The summed E-state index contributed by atoms with van der Waals surface area (Å²) < 4.78 is 7.63. The zero-order chi connectivity index (χ0) is 16.6. The van der Waals surface area contributed by atoms with Crippen LogP contribution in [-0.4, -0.2) is 86.8 Å². The van der Waals surface area contributed by atoms with Crippen LogP contribution in [0, 0.1) is 0 Å². The Balaban J connectivity index is 4.52. The fourth-order valence-corrected chi connectivity index (χ4v) is 1.67. The van der Waals surface area contributed by atoms with Crippen molar-refractivity contribution >= 4 is 23.5 Å². The van der Waals surface area contributed by atoms with Crippen LogP contribution in [0.1, 0.15) is 7.77 Å². The summed E-state index contributed by atoms with van der Waals surface area (Å²) in [4.78, 5) is 22.6. The number of hydrogen-bond acceptors (Lipinski definition) is 8. The van der Waals surface area contributed by atoms with E-state index >= 15 is 0 Å². The van der Waals surface area contributed by atoms with Crippen LogP contribution in [0.15, 0.2) is 0 Å². The second-order valence-corrected chi connectivity index (χ2v) is 4.95. The molecule has 0 aromatic carbocycles. The third-order valence-corrected chi connectivity index (χ3v) is 3.02. The first kappa shape index (κ1) is 17.3. The molecule has 8 nitrogen and oxygen atoms in total. The van der Waals surface area contributed by atoms with Gasteiger partial charge in [0.2, 0.25) is 0 Å². The fourth-order valence-electron chi connectivity index (χ4n) is 1.29. The summed E-state index contributed by atoms with van der Waals surface area (Å²) in [5.74, 6) is -2.01. The van der Waals surface area contributed by atoms with Gasteiger partial charge in [0.25, 0.3) is 0 Å². The van der Waals surface area contributed by atoms with Crippen molar-refractivity contribution in [2.24, 2.45) is 0 Å². The fraction of sp³-hybridized carbons (Fsp3) is 0.818. The van der Waals surface area contributed by atoms with E-state index in [2.05, 4.69) is 5.32 Å². The maximum atomic E-state index is 11.6. The van der Waals surface area contributed by atoms with Crippen LogP contribution in [0.25, 0.3) is 0 Å². The van der Waals surface area contributed by atoms with Gasteiger partial charge in [-0.05, 0) is 18.4 Å². The summed E-state index contributed by atoms with van der Waals surface area (Å²) in [5, 5.41) is 47.8. The van der Waals surface area contributed by atoms with Gasteiger partial charge in [-0.2, -0.15) is 11.8 Å². The van der Waals surface area contributed by atoms with Crippen LogP contribution in [-0.2, 0) is 9.59 Å². The van der Waals surface area contributed by atoms with Gasteiger partial charge in [-0.25, -0.2) is 0 Å². The average Bonchev–Trinajstić information content (AvgIpc) is 2.44. The Kier molecular flexibility index (Phi) is 8.74. The zero-order valence-corrected chi connectivity index (χ0v) is 11.8. The normalized spacial score (nSPS) is 19.6. The Hall–Kier alpha value is -0.710. The quantitative estimate of drug-likeness (QED) is 0.242. The van der Waals surface area contributed by atoms with Gasteiger partial charge >= 0.3 is 5.97 Å². The molecule has 0 spiro atoms. The van der Waals surface area contributed by atoms with E-state index in [1.807, 2.05) is 0 Å². The molecule has 20 heavy (non-hydrogen) atoms. The molecule has 0 aliphatic rings. The molecule has 0 saturated carbocycles. The molecule has 118 valence electrons. The second-order valence-electron chi connectivity index (χ2n) is 4.04. The number of aliphatic carboxylic acids is 1. The van der Waals surface area contributed by atoms with Gasteiger partial charge in [0.15, 0.2) is 5.78 Å². The molecule has 0 aromatic rings. The van der Waals surface area contributed by atoms with E-state index < -0.39 is 55.7 Å². The number of Topliss-reactive ketones (excluding diaryl/α,β-unsaturated/α-hetero) is 1. The van der Waals surface area contributed by atoms with Crippen molar-refractivity contribution < 1.29 is 36.5 Å². The predicted molar refractivity (Wildman–Crippen MR) is 72.5 cm³/mol. The highest BCUT2D eigenvalue weighted by atomic mass is 32.2. The number of rotatable bonds is 11. The molecule has 0 aliphatic heterocycles. The van der Waals surface area contributed by atoms with Crippen LogP contribution in [0.3, 0.4) is 0 Å². The number of aliphatic hydroxyl groups is 4. The molecule has 1 unspecified atom stereocenters. The number of hydrogen-bond donors (Lipinski definition) is 6. The summed E-state index contributed by atoms with van der Waals surface area (Å²) in [7, 11) is 0. The van der Waals surface area contributed by atoms with Gasteiger partial charge in [-0.3, -0.25) is 14.9 Å². The van der Waals surface area contributed by atoms with Crippen molar-refractivity contribution in [3.8, 4) is 0 Å². The van der Waals surface area contributed by atoms with Crippen LogP contribution < -0.4 is 5.32 Å². The Morgan fingerprint density at radius 3 is 2.40 bits per heavy atom. The van der Waals surface area contributed by atoms with Crippen molar-refractivity contribution in [2.45, 2.75) is 30.8 Å². The average molecular weight is 312 g/mol. The summed E-state index contributed by atoms with van der Waals surface area (Å²) in [6, 6.07) is -1.30. The van der Waals surface area contributed by atoms with E-state index in [-0.39, 0.29) is 5.75 Å². The van der Waals surface area contributed by atoms with E-state index in [0.717, 1.165) is 0 Å². The highest BCUT2D eigenvalue weighted by Gasteiger charge is 2.30. The Labute approximate surface area is 122 Å². The first-order valence-corrected chi connectivity index (χ1v) is 7.20. The molecular formula is C11H21NO7S. The molecule has 0 radical (unpaired) electrons. The van der Waals surface area contributed by atoms with E-state index in [1.165, 1.54) is 11.8 Å². The third kappa shape index (κ3) is 6.64. The third-order valence-electron chi connectivity index (χ3n) is 2.50. The molecule has 0 rings (SSSR count). The SMILES string of the molecule is [2H]C(CSC)[C@H](NCC(=O)[C@@H](O)[C@H](O)[C@H](O)CO)C(=O)O. The maximum absolute atomic E-state index is 11.6. The number of ketones is 1. The minimum Gasteiger partial charge on any atom is -0.480 e. The van der Waals surface area contributed by atoms with Crippen LogP contribution >= 0.6 is 11.8 Å². The topological polar surface area (TPSA) is 147 Å². The summed E-state index contributed by atoms with van der Waals surface area (Å²) >= 11 is 1.28. The lowest BCUT2D eigenvalue weighted by atomic mass is 10.0. The number of carbonyl (C=O) groups excluding carboxylic acids is 1. The maximum Gasteiger partial charge on any atom is 0.320 e.